The second kappa shape index (κ2) is 4.93. The number of rotatable bonds is 2. The van der Waals surface area contributed by atoms with Gasteiger partial charge < -0.3 is 10.6 Å². The molecule has 2 heterocycles. The Hall–Kier alpha value is -2.01. The summed E-state index contributed by atoms with van der Waals surface area (Å²) in [5, 5.41) is 0. The zero-order valence-corrected chi connectivity index (χ0v) is 11.2. The van der Waals surface area contributed by atoms with Gasteiger partial charge in [0.15, 0.2) is 0 Å². The van der Waals surface area contributed by atoms with Gasteiger partial charge in [-0.25, -0.2) is 9.97 Å². The Morgan fingerprint density at radius 1 is 1.26 bits per heavy atom. The monoisotopic (exact) mass is 270 g/mol. The van der Waals surface area contributed by atoms with E-state index in [1.807, 2.05) is 6.07 Å². The number of benzene rings is 1. The standard InChI is InChI=1S/C14H14N4S/c15-13(19)11-7-8-16-14(17-11)18-9-3-5-10-4-1-2-6-12(10)18/h1-2,4,6-8H,3,5,9H2,(H2,15,19). The quantitative estimate of drug-likeness (QED) is 0.848. The van der Waals surface area contributed by atoms with Gasteiger partial charge in [-0.1, -0.05) is 30.4 Å². The Morgan fingerprint density at radius 3 is 2.95 bits per heavy atom. The molecular weight excluding hydrogens is 256 g/mol. The van der Waals surface area contributed by atoms with Crippen molar-refractivity contribution in [3.8, 4) is 0 Å². The molecule has 1 aliphatic rings. The van der Waals surface area contributed by atoms with Crippen molar-refractivity contribution in [2.75, 3.05) is 11.4 Å². The minimum Gasteiger partial charge on any atom is -0.388 e. The first-order valence-electron chi connectivity index (χ1n) is 6.24. The molecule has 1 aromatic carbocycles. The maximum Gasteiger partial charge on any atom is 0.230 e. The molecule has 2 aromatic rings. The molecule has 0 saturated heterocycles. The normalized spacial score (nSPS) is 14.0. The van der Waals surface area contributed by atoms with Crippen LogP contribution in [-0.4, -0.2) is 21.5 Å². The molecule has 0 saturated carbocycles. The van der Waals surface area contributed by atoms with Gasteiger partial charge in [-0.05, 0) is 30.5 Å². The van der Waals surface area contributed by atoms with E-state index in [1.165, 1.54) is 11.3 Å². The number of aryl methyl sites for hydroxylation is 1. The highest BCUT2D eigenvalue weighted by molar-refractivity contribution is 7.80. The van der Waals surface area contributed by atoms with Crippen LogP contribution in [0.1, 0.15) is 17.7 Å². The third-order valence-electron chi connectivity index (χ3n) is 3.25. The number of hydrogen-bond acceptors (Lipinski definition) is 4. The van der Waals surface area contributed by atoms with Gasteiger partial charge in [0, 0.05) is 18.4 Å². The van der Waals surface area contributed by atoms with Gasteiger partial charge in [-0.15, -0.1) is 0 Å². The van der Waals surface area contributed by atoms with Crippen LogP contribution < -0.4 is 10.6 Å². The molecule has 2 N–H and O–H groups in total. The second-order valence-corrected chi connectivity index (χ2v) is 4.93. The number of hydrogen-bond donors (Lipinski definition) is 1. The van der Waals surface area contributed by atoms with Gasteiger partial charge in [0.25, 0.3) is 0 Å². The number of anilines is 2. The maximum absolute atomic E-state index is 5.63. The van der Waals surface area contributed by atoms with Gasteiger partial charge in [0.2, 0.25) is 5.95 Å². The summed E-state index contributed by atoms with van der Waals surface area (Å²) < 4.78 is 0. The summed E-state index contributed by atoms with van der Waals surface area (Å²) >= 11 is 4.97. The molecule has 3 rings (SSSR count). The molecule has 19 heavy (non-hydrogen) atoms. The average Bonchev–Trinajstić information content (AvgIpc) is 2.47. The predicted molar refractivity (Wildman–Crippen MR) is 79.7 cm³/mol. The minimum absolute atomic E-state index is 0.300. The molecule has 5 heteroatoms. The van der Waals surface area contributed by atoms with Gasteiger partial charge >= 0.3 is 0 Å². The SMILES string of the molecule is NC(=S)c1ccnc(N2CCCc3ccccc32)n1. The fourth-order valence-electron chi connectivity index (χ4n) is 2.36. The number of para-hydroxylation sites is 1. The molecule has 1 aliphatic heterocycles. The molecule has 1 aromatic heterocycles. The molecule has 4 nitrogen and oxygen atoms in total. The lowest BCUT2D eigenvalue weighted by molar-refractivity contribution is 0.750. The smallest absolute Gasteiger partial charge is 0.230 e. The first-order chi connectivity index (χ1) is 9.25. The van der Waals surface area contributed by atoms with Crippen molar-refractivity contribution >= 4 is 28.8 Å². The van der Waals surface area contributed by atoms with Crippen molar-refractivity contribution in [2.45, 2.75) is 12.8 Å². The van der Waals surface area contributed by atoms with Crippen LogP contribution in [0.15, 0.2) is 36.5 Å². The van der Waals surface area contributed by atoms with E-state index in [2.05, 4.69) is 33.1 Å². The first kappa shape index (κ1) is 12.0. The summed E-state index contributed by atoms with van der Waals surface area (Å²) in [6.07, 6.45) is 3.90. The van der Waals surface area contributed by atoms with Crippen LogP contribution in [0.5, 0.6) is 0 Å². The van der Waals surface area contributed by atoms with Crippen molar-refractivity contribution in [1.29, 1.82) is 0 Å². The van der Waals surface area contributed by atoms with Crippen molar-refractivity contribution in [1.82, 2.24) is 9.97 Å². The van der Waals surface area contributed by atoms with E-state index in [-0.39, 0.29) is 0 Å². The highest BCUT2D eigenvalue weighted by Crippen LogP contribution is 2.31. The zero-order valence-electron chi connectivity index (χ0n) is 10.4. The molecule has 0 spiro atoms. The third-order valence-corrected chi connectivity index (χ3v) is 3.46. The fraction of sp³-hybridized carbons (Fsp3) is 0.214. The van der Waals surface area contributed by atoms with Crippen LogP contribution in [0.25, 0.3) is 0 Å². The van der Waals surface area contributed by atoms with Crippen LogP contribution in [-0.2, 0) is 6.42 Å². The Bertz CT molecular complexity index is 626. The van der Waals surface area contributed by atoms with E-state index in [4.69, 9.17) is 18.0 Å². The first-order valence-corrected chi connectivity index (χ1v) is 6.65. The maximum atomic E-state index is 5.63. The fourth-order valence-corrected chi connectivity index (χ4v) is 2.47. The Balaban J connectivity index is 2.04. The topological polar surface area (TPSA) is 55.0 Å². The van der Waals surface area contributed by atoms with Crippen molar-refractivity contribution in [3.63, 3.8) is 0 Å². The van der Waals surface area contributed by atoms with Crippen LogP contribution >= 0.6 is 12.2 Å². The lowest BCUT2D eigenvalue weighted by atomic mass is 10.0. The molecule has 0 fully saturated rings. The number of nitrogens with zero attached hydrogens (tertiary/aromatic N) is 3. The number of nitrogens with two attached hydrogens (primary N) is 1. The summed E-state index contributed by atoms with van der Waals surface area (Å²) in [7, 11) is 0. The average molecular weight is 270 g/mol. The van der Waals surface area contributed by atoms with Crippen molar-refractivity contribution in [2.24, 2.45) is 5.73 Å². The van der Waals surface area contributed by atoms with E-state index in [1.54, 1.807) is 12.3 Å². The number of thiocarbonyl (C=S) groups is 1. The van der Waals surface area contributed by atoms with Crippen LogP contribution in [0.2, 0.25) is 0 Å². The largest absolute Gasteiger partial charge is 0.388 e. The van der Waals surface area contributed by atoms with Crippen LogP contribution in [0, 0.1) is 0 Å². The van der Waals surface area contributed by atoms with E-state index in [0.717, 1.165) is 19.4 Å². The summed E-state index contributed by atoms with van der Waals surface area (Å²) in [5.41, 5.74) is 8.75. The van der Waals surface area contributed by atoms with Crippen LogP contribution in [0.3, 0.4) is 0 Å². The summed E-state index contributed by atoms with van der Waals surface area (Å²) in [6.45, 7) is 0.914. The highest BCUT2D eigenvalue weighted by atomic mass is 32.1. The number of aromatic nitrogens is 2. The highest BCUT2D eigenvalue weighted by Gasteiger charge is 2.19. The molecule has 96 valence electrons. The van der Waals surface area contributed by atoms with Gasteiger partial charge in [-0.2, -0.15) is 0 Å². The van der Waals surface area contributed by atoms with Crippen LogP contribution in [0.4, 0.5) is 11.6 Å². The third kappa shape index (κ3) is 2.29. The summed E-state index contributed by atoms with van der Waals surface area (Å²) in [4.78, 5) is 11.2. The zero-order chi connectivity index (χ0) is 13.2. The molecule has 0 unspecified atom stereocenters. The molecule has 0 atom stereocenters. The Morgan fingerprint density at radius 2 is 2.11 bits per heavy atom. The van der Waals surface area contributed by atoms with Crippen molar-refractivity contribution < 1.29 is 0 Å². The van der Waals surface area contributed by atoms with E-state index in [9.17, 15) is 0 Å². The van der Waals surface area contributed by atoms with E-state index < -0.39 is 0 Å². The van der Waals surface area contributed by atoms with Gasteiger partial charge in [0.05, 0.1) is 0 Å². The number of fused-ring (bicyclic) bond motifs is 1. The lowest BCUT2D eigenvalue weighted by Gasteiger charge is -2.29. The lowest BCUT2D eigenvalue weighted by Crippen LogP contribution is -2.27. The Labute approximate surface area is 117 Å². The second-order valence-electron chi connectivity index (χ2n) is 4.49. The summed E-state index contributed by atoms with van der Waals surface area (Å²) in [5.74, 6) is 0.664. The Kier molecular flexibility index (Phi) is 3.13. The van der Waals surface area contributed by atoms with Gasteiger partial charge in [-0.3, -0.25) is 0 Å². The van der Waals surface area contributed by atoms with E-state index in [0.29, 0.717) is 16.6 Å². The molecule has 0 bridgehead atoms. The summed E-state index contributed by atoms with van der Waals surface area (Å²) in [6, 6.07) is 10.1. The predicted octanol–water partition coefficient (Wildman–Crippen LogP) is 2.20. The molecule has 0 radical (unpaired) electrons. The molecule has 0 amide bonds. The van der Waals surface area contributed by atoms with Crippen molar-refractivity contribution in [3.05, 3.63) is 47.8 Å². The van der Waals surface area contributed by atoms with Gasteiger partial charge in [0.1, 0.15) is 10.7 Å². The van der Waals surface area contributed by atoms with E-state index >= 15 is 0 Å². The molecule has 0 aliphatic carbocycles. The molecular formula is C14H14N4S. The minimum atomic E-state index is 0.300.